The molecule has 26 heavy (non-hydrogen) atoms. The van der Waals surface area contributed by atoms with Gasteiger partial charge in [-0.1, -0.05) is 16.9 Å². The Labute approximate surface area is 159 Å². The number of hydrogen-bond donors (Lipinski definition) is 0. The monoisotopic (exact) mass is 387 g/mol. The maximum absolute atomic E-state index is 13.0. The van der Waals surface area contributed by atoms with Crippen molar-refractivity contribution in [1.82, 2.24) is 14.7 Å². The van der Waals surface area contributed by atoms with Crippen molar-refractivity contribution in [2.75, 3.05) is 0 Å². The molecule has 2 aliphatic carbocycles. The second-order valence-corrected chi connectivity index (χ2v) is 9.20. The first kappa shape index (κ1) is 16.6. The molecule has 0 aliphatic heterocycles. The summed E-state index contributed by atoms with van der Waals surface area (Å²) < 4.78 is 7.21. The zero-order valence-corrected chi connectivity index (χ0v) is 16.5. The third-order valence-electron chi connectivity index (χ3n) is 5.52. The van der Waals surface area contributed by atoms with E-state index < -0.39 is 0 Å². The molecule has 0 unspecified atom stereocenters. The van der Waals surface area contributed by atoms with Crippen LogP contribution >= 0.6 is 23.1 Å². The number of hydrogen-bond acceptors (Lipinski definition) is 6. The quantitative estimate of drug-likeness (QED) is 0.501. The highest BCUT2D eigenvalue weighted by Crippen LogP contribution is 2.35. The summed E-state index contributed by atoms with van der Waals surface area (Å²) in [5.74, 6) is 1.76. The highest BCUT2D eigenvalue weighted by Gasteiger charge is 2.23. The Hall–Kier alpha value is -1.60. The van der Waals surface area contributed by atoms with Crippen LogP contribution in [0.1, 0.15) is 53.1 Å². The third kappa shape index (κ3) is 2.63. The molecule has 0 N–H and O–H groups in total. The van der Waals surface area contributed by atoms with E-state index in [1.165, 1.54) is 41.7 Å². The normalized spacial score (nSPS) is 16.7. The van der Waals surface area contributed by atoms with Gasteiger partial charge in [0.1, 0.15) is 10.6 Å². The zero-order valence-electron chi connectivity index (χ0n) is 14.8. The molecule has 0 saturated carbocycles. The molecule has 0 aromatic carbocycles. The number of thioether (sulfide) groups is 1. The average molecular weight is 388 g/mol. The SMILES string of the molecule is Cn1c(SCc2noc3c2CCCC3)nc2sc3c(c2c1=O)CCCC3. The number of nitrogens with zero attached hydrogens (tertiary/aromatic N) is 3. The van der Waals surface area contributed by atoms with Gasteiger partial charge in [-0.3, -0.25) is 9.36 Å². The van der Waals surface area contributed by atoms with Crippen molar-refractivity contribution in [2.24, 2.45) is 7.05 Å². The van der Waals surface area contributed by atoms with E-state index in [4.69, 9.17) is 9.51 Å². The summed E-state index contributed by atoms with van der Waals surface area (Å²) >= 11 is 3.30. The number of aromatic nitrogens is 3. The lowest BCUT2D eigenvalue weighted by Crippen LogP contribution is -2.20. The number of thiophene rings is 1. The van der Waals surface area contributed by atoms with Crippen molar-refractivity contribution >= 4 is 33.3 Å². The van der Waals surface area contributed by atoms with Gasteiger partial charge in [0.2, 0.25) is 0 Å². The molecular weight excluding hydrogens is 366 g/mol. The molecule has 3 aromatic heterocycles. The Kier molecular flexibility index (Phi) is 4.16. The molecule has 0 spiro atoms. The lowest BCUT2D eigenvalue weighted by molar-refractivity contribution is 0.369. The second-order valence-electron chi connectivity index (χ2n) is 7.18. The Morgan fingerprint density at radius 1 is 1.12 bits per heavy atom. The van der Waals surface area contributed by atoms with E-state index in [9.17, 15) is 4.79 Å². The van der Waals surface area contributed by atoms with Crippen LogP contribution in [-0.2, 0) is 38.5 Å². The van der Waals surface area contributed by atoms with Crippen LogP contribution in [0, 0.1) is 0 Å². The van der Waals surface area contributed by atoms with Crippen LogP contribution in [0.25, 0.3) is 10.2 Å². The van der Waals surface area contributed by atoms with Crippen molar-refractivity contribution in [3.05, 3.63) is 37.8 Å². The van der Waals surface area contributed by atoms with E-state index in [1.807, 2.05) is 7.05 Å². The molecular formula is C19H21N3O2S2. The minimum Gasteiger partial charge on any atom is -0.361 e. The fourth-order valence-corrected chi connectivity index (χ4v) is 6.33. The largest absolute Gasteiger partial charge is 0.361 e. The van der Waals surface area contributed by atoms with Crippen molar-refractivity contribution < 1.29 is 4.52 Å². The first-order valence-electron chi connectivity index (χ1n) is 9.32. The highest BCUT2D eigenvalue weighted by atomic mass is 32.2. The van der Waals surface area contributed by atoms with Crippen LogP contribution in [0.4, 0.5) is 0 Å². The van der Waals surface area contributed by atoms with E-state index in [0.29, 0.717) is 5.75 Å². The molecule has 5 rings (SSSR count). The van der Waals surface area contributed by atoms with Gasteiger partial charge in [0.05, 0.1) is 11.1 Å². The van der Waals surface area contributed by atoms with Gasteiger partial charge in [0.25, 0.3) is 5.56 Å². The van der Waals surface area contributed by atoms with Crippen molar-refractivity contribution in [2.45, 2.75) is 62.3 Å². The van der Waals surface area contributed by atoms with Gasteiger partial charge in [-0.15, -0.1) is 11.3 Å². The summed E-state index contributed by atoms with van der Waals surface area (Å²) in [7, 11) is 1.84. The van der Waals surface area contributed by atoms with E-state index in [1.54, 1.807) is 27.7 Å². The van der Waals surface area contributed by atoms with Crippen LogP contribution in [0.2, 0.25) is 0 Å². The van der Waals surface area contributed by atoms with Crippen molar-refractivity contribution in [1.29, 1.82) is 0 Å². The zero-order chi connectivity index (χ0) is 17.7. The van der Waals surface area contributed by atoms with Crippen molar-refractivity contribution in [3.8, 4) is 0 Å². The molecule has 0 fully saturated rings. The van der Waals surface area contributed by atoms with Gasteiger partial charge in [-0.05, 0) is 50.5 Å². The molecule has 2 aliphatic rings. The second kappa shape index (κ2) is 6.53. The summed E-state index contributed by atoms with van der Waals surface area (Å²) in [6.45, 7) is 0. The van der Waals surface area contributed by atoms with Gasteiger partial charge in [0, 0.05) is 29.7 Å². The molecule has 136 valence electrons. The Bertz CT molecular complexity index is 1050. The maximum atomic E-state index is 13.0. The molecule has 5 nitrogen and oxygen atoms in total. The first-order valence-corrected chi connectivity index (χ1v) is 11.1. The molecule has 0 amide bonds. The standard InChI is InChI=1S/C19H21N3O2S2/c1-22-18(23)16-12-7-3-5-9-15(12)26-17(16)20-19(22)25-10-13-11-6-2-4-8-14(11)24-21-13/h2-10H2,1H3. The summed E-state index contributed by atoms with van der Waals surface area (Å²) in [5.41, 5.74) is 3.65. The van der Waals surface area contributed by atoms with E-state index >= 15 is 0 Å². The van der Waals surface area contributed by atoms with Gasteiger partial charge in [-0.25, -0.2) is 4.98 Å². The Morgan fingerprint density at radius 3 is 2.77 bits per heavy atom. The summed E-state index contributed by atoms with van der Waals surface area (Å²) in [6.07, 6.45) is 8.94. The summed E-state index contributed by atoms with van der Waals surface area (Å²) in [6, 6.07) is 0. The molecule has 3 heterocycles. The van der Waals surface area contributed by atoms with Crippen LogP contribution in [0.15, 0.2) is 14.5 Å². The lowest BCUT2D eigenvalue weighted by atomic mass is 9.97. The summed E-state index contributed by atoms with van der Waals surface area (Å²) in [4.78, 5) is 20.1. The highest BCUT2D eigenvalue weighted by molar-refractivity contribution is 7.98. The van der Waals surface area contributed by atoms with Crippen molar-refractivity contribution in [3.63, 3.8) is 0 Å². The van der Waals surface area contributed by atoms with E-state index in [-0.39, 0.29) is 5.56 Å². The number of rotatable bonds is 3. The lowest BCUT2D eigenvalue weighted by Gasteiger charge is -2.11. The molecule has 7 heteroatoms. The smallest absolute Gasteiger partial charge is 0.262 e. The Morgan fingerprint density at radius 2 is 1.88 bits per heavy atom. The predicted molar refractivity (Wildman–Crippen MR) is 104 cm³/mol. The minimum absolute atomic E-state index is 0.0964. The maximum Gasteiger partial charge on any atom is 0.262 e. The predicted octanol–water partition coefficient (Wildman–Crippen LogP) is 4.03. The minimum atomic E-state index is 0.0964. The topological polar surface area (TPSA) is 60.9 Å². The van der Waals surface area contributed by atoms with Crippen LogP contribution in [0.3, 0.4) is 0 Å². The fraction of sp³-hybridized carbons (Fsp3) is 0.526. The molecule has 0 radical (unpaired) electrons. The van der Waals surface area contributed by atoms with Crippen LogP contribution < -0.4 is 5.56 Å². The first-order chi connectivity index (χ1) is 12.7. The molecule has 0 saturated heterocycles. The van der Waals surface area contributed by atoms with Gasteiger partial charge < -0.3 is 4.52 Å². The third-order valence-corrected chi connectivity index (χ3v) is 7.75. The Balaban J connectivity index is 1.48. The fourth-order valence-electron chi connectivity index (χ4n) is 4.09. The summed E-state index contributed by atoms with van der Waals surface area (Å²) in [5, 5.41) is 5.90. The van der Waals surface area contributed by atoms with E-state index in [2.05, 4.69) is 5.16 Å². The number of aryl methyl sites for hydroxylation is 3. The van der Waals surface area contributed by atoms with Gasteiger partial charge in [-0.2, -0.15) is 0 Å². The van der Waals surface area contributed by atoms with Gasteiger partial charge >= 0.3 is 0 Å². The molecule has 0 bridgehead atoms. The average Bonchev–Trinajstić information content (AvgIpc) is 3.24. The van der Waals surface area contributed by atoms with Crippen LogP contribution in [-0.4, -0.2) is 14.7 Å². The van der Waals surface area contributed by atoms with Gasteiger partial charge in [0.15, 0.2) is 5.16 Å². The van der Waals surface area contributed by atoms with Crippen LogP contribution in [0.5, 0.6) is 0 Å². The molecule has 3 aromatic rings. The number of fused-ring (bicyclic) bond motifs is 4. The van der Waals surface area contributed by atoms with E-state index in [0.717, 1.165) is 52.5 Å². The molecule has 0 atom stereocenters.